The molecule has 4 heterocycles. The van der Waals surface area contributed by atoms with Crippen LogP contribution in [0.5, 0.6) is 0 Å². The van der Waals surface area contributed by atoms with Gasteiger partial charge in [0.25, 0.3) is 0 Å². The van der Waals surface area contributed by atoms with Crippen LogP contribution in [0.2, 0.25) is 0 Å². The largest absolute Gasteiger partial charge is 0.469 e. The van der Waals surface area contributed by atoms with Crippen LogP contribution < -0.4 is 0 Å². The Balaban J connectivity index is 1.41. The molecule has 2 aliphatic heterocycles. The van der Waals surface area contributed by atoms with Crippen LogP contribution in [0.25, 0.3) is 11.4 Å². The first-order valence-corrected chi connectivity index (χ1v) is 11.4. The lowest BCUT2D eigenvalue weighted by molar-refractivity contribution is 0.0808. The first-order valence-electron chi connectivity index (χ1n) is 9.19. The number of hydrogen-bond acceptors (Lipinski definition) is 7. The highest BCUT2D eigenvalue weighted by atomic mass is 32.2. The van der Waals surface area contributed by atoms with Gasteiger partial charge in [-0.2, -0.15) is 5.10 Å². The van der Waals surface area contributed by atoms with Crippen LogP contribution in [-0.4, -0.2) is 76.3 Å². The molecule has 0 spiro atoms. The maximum atomic E-state index is 11.7. The molecular formula is C17H25N5O3S2. The van der Waals surface area contributed by atoms with E-state index in [9.17, 15) is 8.42 Å². The Morgan fingerprint density at radius 3 is 2.63 bits per heavy atom. The van der Waals surface area contributed by atoms with Gasteiger partial charge in [0, 0.05) is 39.3 Å². The van der Waals surface area contributed by atoms with E-state index in [1.54, 1.807) is 6.26 Å². The number of furan rings is 1. The van der Waals surface area contributed by atoms with Gasteiger partial charge in [-0.05, 0) is 31.6 Å². The molecule has 2 aromatic rings. The standard InChI is InChI=1S/C17H25N5O3S2/c1-13-15(3-9-25-13)16-18-22(17(26)19(16)2)12-20-5-7-21(8-6-20)14-4-10-27(23,24)11-14/h3,9,14H,4-8,10-12H2,1-2H3/t14-/m1/s1. The molecule has 0 amide bonds. The molecule has 4 rings (SSSR count). The van der Waals surface area contributed by atoms with Crippen molar-refractivity contribution in [2.24, 2.45) is 7.05 Å². The van der Waals surface area contributed by atoms with Crippen LogP contribution in [0.4, 0.5) is 0 Å². The van der Waals surface area contributed by atoms with Crippen molar-refractivity contribution in [2.45, 2.75) is 26.1 Å². The highest BCUT2D eigenvalue weighted by molar-refractivity contribution is 7.91. The third kappa shape index (κ3) is 3.75. The second-order valence-electron chi connectivity index (χ2n) is 7.41. The van der Waals surface area contributed by atoms with Crippen molar-refractivity contribution in [3.63, 3.8) is 0 Å². The van der Waals surface area contributed by atoms with Gasteiger partial charge in [-0.25, -0.2) is 13.1 Å². The normalized spacial score (nSPS) is 23.9. The van der Waals surface area contributed by atoms with Gasteiger partial charge >= 0.3 is 0 Å². The lowest BCUT2D eigenvalue weighted by Gasteiger charge is -2.37. The van der Waals surface area contributed by atoms with Gasteiger partial charge < -0.3 is 8.98 Å². The lowest BCUT2D eigenvalue weighted by atomic mass is 10.2. The Morgan fingerprint density at radius 1 is 1.30 bits per heavy atom. The highest BCUT2D eigenvalue weighted by Gasteiger charge is 2.33. The zero-order chi connectivity index (χ0) is 19.2. The smallest absolute Gasteiger partial charge is 0.199 e. The Morgan fingerprint density at radius 2 is 2.04 bits per heavy atom. The summed E-state index contributed by atoms with van der Waals surface area (Å²) >= 11 is 5.56. The summed E-state index contributed by atoms with van der Waals surface area (Å²) in [6.45, 7) is 6.09. The monoisotopic (exact) mass is 411 g/mol. The van der Waals surface area contributed by atoms with Crippen LogP contribution >= 0.6 is 12.2 Å². The molecule has 0 radical (unpaired) electrons. The summed E-state index contributed by atoms with van der Waals surface area (Å²) in [5, 5.41) is 4.70. The number of aromatic nitrogens is 3. The summed E-state index contributed by atoms with van der Waals surface area (Å²) in [4.78, 5) is 4.63. The second-order valence-corrected chi connectivity index (χ2v) is 10.0. The van der Waals surface area contributed by atoms with Crippen LogP contribution in [-0.2, 0) is 23.6 Å². The van der Waals surface area contributed by atoms with Crippen molar-refractivity contribution in [1.82, 2.24) is 24.1 Å². The number of hydrogen-bond donors (Lipinski definition) is 0. The molecule has 10 heteroatoms. The molecule has 8 nitrogen and oxygen atoms in total. The van der Waals surface area contributed by atoms with Gasteiger partial charge in [-0.1, -0.05) is 0 Å². The van der Waals surface area contributed by atoms with Crippen LogP contribution in [0.3, 0.4) is 0 Å². The van der Waals surface area contributed by atoms with E-state index in [2.05, 4.69) is 9.80 Å². The summed E-state index contributed by atoms with van der Waals surface area (Å²) in [6.07, 6.45) is 2.43. The molecule has 148 valence electrons. The molecule has 0 N–H and O–H groups in total. The molecule has 0 bridgehead atoms. The third-order valence-corrected chi connectivity index (χ3v) is 7.84. The van der Waals surface area contributed by atoms with E-state index in [0.29, 0.717) is 22.9 Å². The maximum absolute atomic E-state index is 11.7. The number of sulfone groups is 1. The van der Waals surface area contributed by atoms with Crippen LogP contribution in [0.15, 0.2) is 16.7 Å². The van der Waals surface area contributed by atoms with Gasteiger partial charge in [0.1, 0.15) is 5.76 Å². The Hall–Kier alpha value is -1.49. The third-order valence-electron chi connectivity index (χ3n) is 5.61. The van der Waals surface area contributed by atoms with E-state index < -0.39 is 9.84 Å². The minimum Gasteiger partial charge on any atom is -0.469 e. The lowest BCUT2D eigenvalue weighted by Crippen LogP contribution is -2.50. The van der Waals surface area contributed by atoms with Gasteiger partial charge in [-0.3, -0.25) is 9.80 Å². The average Bonchev–Trinajstić information content (AvgIpc) is 3.29. The average molecular weight is 412 g/mol. The molecule has 2 saturated heterocycles. The van der Waals surface area contributed by atoms with Crippen molar-refractivity contribution in [1.29, 1.82) is 0 Å². The molecular weight excluding hydrogens is 386 g/mol. The zero-order valence-electron chi connectivity index (χ0n) is 15.7. The van der Waals surface area contributed by atoms with Gasteiger partial charge in [0.05, 0.1) is 30.0 Å². The molecule has 1 atom stereocenters. The van der Waals surface area contributed by atoms with Crippen molar-refractivity contribution in [3.8, 4) is 11.4 Å². The van der Waals surface area contributed by atoms with Gasteiger partial charge in [0.15, 0.2) is 20.4 Å². The van der Waals surface area contributed by atoms with E-state index >= 15 is 0 Å². The summed E-state index contributed by atoms with van der Waals surface area (Å²) in [7, 11) is -0.910. The van der Waals surface area contributed by atoms with Crippen LogP contribution in [0.1, 0.15) is 12.2 Å². The minimum atomic E-state index is -2.83. The van der Waals surface area contributed by atoms with Crippen molar-refractivity contribution >= 4 is 22.1 Å². The molecule has 27 heavy (non-hydrogen) atoms. The molecule has 0 saturated carbocycles. The highest BCUT2D eigenvalue weighted by Crippen LogP contribution is 2.23. The molecule has 0 aliphatic carbocycles. The molecule has 2 aliphatic rings. The quantitative estimate of drug-likeness (QED) is 0.702. The van der Waals surface area contributed by atoms with E-state index in [1.807, 2.05) is 29.3 Å². The van der Waals surface area contributed by atoms with Crippen molar-refractivity contribution in [2.75, 3.05) is 37.7 Å². The summed E-state index contributed by atoms with van der Waals surface area (Å²) in [5.74, 6) is 2.27. The van der Waals surface area contributed by atoms with E-state index in [0.717, 1.165) is 49.7 Å². The second kappa shape index (κ2) is 7.16. The predicted octanol–water partition coefficient (Wildman–Crippen LogP) is 1.28. The molecule has 0 unspecified atom stereocenters. The Kier molecular flexibility index (Phi) is 5.00. The summed E-state index contributed by atoms with van der Waals surface area (Å²) < 4.78 is 33.3. The fraction of sp³-hybridized carbons (Fsp3) is 0.647. The number of nitrogens with zero attached hydrogens (tertiary/aromatic N) is 5. The number of aryl methyl sites for hydroxylation is 1. The fourth-order valence-electron chi connectivity index (χ4n) is 3.95. The minimum absolute atomic E-state index is 0.185. The van der Waals surface area contributed by atoms with E-state index in [4.69, 9.17) is 21.7 Å². The van der Waals surface area contributed by atoms with E-state index in [1.165, 1.54) is 0 Å². The van der Waals surface area contributed by atoms with E-state index in [-0.39, 0.29) is 6.04 Å². The number of piperazine rings is 1. The van der Waals surface area contributed by atoms with Gasteiger partial charge in [-0.15, -0.1) is 0 Å². The Labute approximate surface area is 164 Å². The molecule has 2 fully saturated rings. The van der Waals surface area contributed by atoms with Crippen LogP contribution in [0, 0.1) is 11.7 Å². The maximum Gasteiger partial charge on any atom is 0.199 e. The molecule has 0 aromatic carbocycles. The van der Waals surface area contributed by atoms with Crippen molar-refractivity contribution in [3.05, 3.63) is 22.9 Å². The first kappa shape index (κ1) is 18.9. The van der Waals surface area contributed by atoms with Crippen molar-refractivity contribution < 1.29 is 12.8 Å². The SMILES string of the molecule is Cc1occc1-c1nn(CN2CCN([C@@H]3CCS(=O)(=O)C3)CC2)c(=S)n1C. The summed E-state index contributed by atoms with van der Waals surface area (Å²) in [5.41, 5.74) is 0.953. The van der Waals surface area contributed by atoms with Gasteiger partial charge in [0.2, 0.25) is 0 Å². The summed E-state index contributed by atoms with van der Waals surface area (Å²) in [6, 6.07) is 2.09. The zero-order valence-corrected chi connectivity index (χ0v) is 17.3. The first-order chi connectivity index (χ1) is 12.8. The predicted molar refractivity (Wildman–Crippen MR) is 105 cm³/mol. The molecule has 2 aromatic heterocycles. The topological polar surface area (TPSA) is 76.5 Å². The fourth-order valence-corrected chi connectivity index (χ4v) is 5.90. The number of rotatable bonds is 4. The Bertz CT molecular complexity index is 983.